The first-order valence-electron chi connectivity index (χ1n) is 7.01. The molecule has 2 aromatic heterocycles. The van der Waals surface area contributed by atoms with E-state index < -0.39 is 0 Å². The van der Waals surface area contributed by atoms with Crippen molar-refractivity contribution in [1.82, 2.24) is 14.9 Å². The predicted octanol–water partition coefficient (Wildman–Crippen LogP) is 2.91. The molecule has 6 heteroatoms. The van der Waals surface area contributed by atoms with Crippen molar-refractivity contribution < 1.29 is 0 Å². The molecular formula is C14H19BrN4S. The molecule has 1 saturated heterocycles. The first-order valence-corrected chi connectivity index (χ1v) is 9.02. The molecule has 0 unspecified atom stereocenters. The number of anilines is 1. The second-order valence-corrected chi connectivity index (χ2v) is 6.84. The van der Waals surface area contributed by atoms with Crippen molar-refractivity contribution in [2.24, 2.45) is 0 Å². The van der Waals surface area contributed by atoms with Gasteiger partial charge in [0.05, 0.1) is 10.2 Å². The average Bonchev–Trinajstić information content (AvgIpc) is 2.70. The van der Waals surface area contributed by atoms with Crippen LogP contribution in [0.5, 0.6) is 0 Å². The van der Waals surface area contributed by atoms with Gasteiger partial charge >= 0.3 is 0 Å². The number of aryl methyl sites for hydroxylation is 1. The van der Waals surface area contributed by atoms with Gasteiger partial charge in [0.2, 0.25) is 0 Å². The Hall–Kier alpha value is -0.720. The molecule has 0 saturated carbocycles. The fourth-order valence-corrected chi connectivity index (χ4v) is 4.23. The molecule has 20 heavy (non-hydrogen) atoms. The fourth-order valence-electron chi connectivity index (χ4n) is 2.71. The van der Waals surface area contributed by atoms with Crippen LogP contribution in [0.1, 0.15) is 12.0 Å². The van der Waals surface area contributed by atoms with Crippen molar-refractivity contribution in [2.45, 2.75) is 13.3 Å². The van der Waals surface area contributed by atoms with Gasteiger partial charge in [-0.25, -0.2) is 9.97 Å². The molecule has 0 atom stereocenters. The van der Waals surface area contributed by atoms with E-state index in [0.717, 1.165) is 42.8 Å². The van der Waals surface area contributed by atoms with Crippen LogP contribution in [0.15, 0.2) is 11.7 Å². The van der Waals surface area contributed by atoms with Gasteiger partial charge in [0.25, 0.3) is 0 Å². The molecule has 0 bridgehead atoms. The Morgan fingerprint density at radius 1 is 1.25 bits per heavy atom. The molecule has 0 N–H and O–H groups in total. The van der Waals surface area contributed by atoms with Crippen molar-refractivity contribution in [3.63, 3.8) is 0 Å². The zero-order chi connectivity index (χ0) is 13.9. The summed E-state index contributed by atoms with van der Waals surface area (Å²) in [6.07, 6.45) is 2.90. The molecule has 3 rings (SSSR count). The van der Waals surface area contributed by atoms with Gasteiger partial charge in [-0.2, -0.15) is 0 Å². The zero-order valence-corrected chi connectivity index (χ0v) is 14.1. The molecule has 2 aromatic rings. The number of fused-ring (bicyclic) bond motifs is 1. The fraction of sp³-hybridized carbons (Fsp3) is 0.571. The number of alkyl halides is 1. The van der Waals surface area contributed by atoms with E-state index in [1.807, 2.05) is 0 Å². The largest absolute Gasteiger partial charge is 0.354 e. The second-order valence-electron chi connectivity index (χ2n) is 5.16. The van der Waals surface area contributed by atoms with E-state index >= 15 is 0 Å². The molecule has 1 fully saturated rings. The standard InChI is InChI=1S/C14H19BrN4S/c1-11-9-20-13-12(11)16-10-17-14(13)19-5-2-4-18(6-3-15)7-8-19/h9-10H,2-8H2,1H3. The Kier molecular flexibility index (Phi) is 4.53. The highest BCUT2D eigenvalue weighted by Gasteiger charge is 2.18. The zero-order valence-electron chi connectivity index (χ0n) is 11.7. The number of nitrogens with zero attached hydrogens (tertiary/aromatic N) is 4. The molecule has 1 aliphatic rings. The summed E-state index contributed by atoms with van der Waals surface area (Å²) in [6, 6.07) is 0. The molecule has 0 radical (unpaired) electrons. The van der Waals surface area contributed by atoms with E-state index in [0.29, 0.717) is 0 Å². The maximum absolute atomic E-state index is 4.55. The monoisotopic (exact) mass is 354 g/mol. The van der Waals surface area contributed by atoms with E-state index in [4.69, 9.17) is 0 Å². The molecule has 4 nitrogen and oxygen atoms in total. The molecule has 0 aromatic carbocycles. The highest BCUT2D eigenvalue weighted by Crippen LogP contribution is 2.31. The molecule has 0 amide bonds. The van der Waals surface area contributed by atoms with Crippen LogP contribution in [0.2, 0.25) is 0 Å². The number of thiophene rings is 1. The minimum Gasteiger partial charge on any atom is -0.354 e. The lowest BCUT2D eigenvalue weighted by Gasteiger charge is -2.22. The van der Waals surface area contributed by atoms with Crippen LogP contribution in [-0.4, -0.2) is 52.9 Å². The number of aromatic nitrogens is 2. The Bertz CT molecular complexity index is 586. The van der Waals surface area contributed by atoms with Crippen molar-refractivity contribution in [3.8, 4) is 0 Å². The van der Waals surface area contributed by atoms with E-state index in [1.165, 1.54) is 23.2 Å². The van der Waals surface area contributed by atoms with Gasteiger partial charge in [-0.1, -0.05) is 15.9 Å². The van der Waals surface area contributed by atoms with Crippen molar-refractivity contribution >= 4 is 43.3 Å². The quantitative estimate of drug-likeness (QED) is 0.793. The van der Waals surface area contributed by atoms with E-state index in [-0.39, 0.29) is 0 Å². The maximum Gasteiger partial charge on any atom is 0.150 e. The molecule has 0 aliphatic carbocycles. The number of rotatable bonds is 3. The van der Waals surface area contributed by atoms with Crippen LogP contribution in [0.4, 0.5) is 5.82 Å². The van der Waals surface area contributed by atoms with Gasteiger partial charge < -0.3 is 9.80 Å². The third-order valence-corrected chi connectivity index (χ3v) is 5.24. The summed E-state index contributed by atoms with van der Waals surface area (Å²) >= 11 is 5.30. The summed E-state index contributed by atoms with van der Waals surface area (Å²) in [5.41, 5.74) is 2.37. The van der Waals surface area contributed by atoms with Gasteiger partial charge in [0.1, 0.15) is 12.1 Å². The highest BCUT2D eigenvalue weighted by atomic mass is 79.9. The Morgan fingerprint density at radius 2 is 2.15 bits per heavy atom. The van der Waals surface area contributed by atoms with Crippen LogP contribution in [0, 0.1) is 6.92 Å². The number of halogens is 1. The third-order valence-electron chi connectivity index (χ3n) is 3.80. The Labute approximate surface area is 131 Å². The topological polar surface area (TPSA) is 32.3 Å². The number of hydrogen-bond donors (Lipinski definition) is 0. The van der Waals surface area contributed by atoms with Gasteiger partial charge in [-0.15, -0.1) is 11.3 Å². The normalized spacial score (nSPS) is 17.6. The lowest BCUT2D eigenvalue weighted by atomic mass is 10.3. The average molecular weight is 355 g/mol. The number of hydrogen-bond acceptors (Lipinski definition) is 5. The van der Waals surface area contributed by atoms with Gasteiger partial charge in [0.15, 0.2) is 0 Å². The molecule has 1 aliphatic heterocycles. The summed E-state index contributed by atoms with van der Waals surface area (Å²) in [4.78, 5) is 13.9. The highest BCUT2D eigenvalue weighted by molar-refractivity contribution is 9.09. The van der Waals surface area contributed by atoms with Crippen LogP contribution < -0.4 is 4.90 Å². The first kappa shape index (κ1) is 14.2. The SMILES string of the molecule is Cc1csc2c(N3CCCN(CCBr)CC3)ncnc12. The maximum atomic E-state index is 4.55. The van der Waals surface area contributed by atoms with Crippen molar-refractivity contribution in [1.29, 1.82) is 0 Å². The molecule has 108 valence electrons. The lowest BCUT2D eigenvalue weighted by Crippen LogP contribution is -2.32. The van der Waals surface area contributed by atoms with Crippen molar-refractivity contribution in [3.05, 3.63) is 17.3 Å². The summed E-state index contributed by atoms with van der Waals surface area (Å²) in [5, 5.41) is 3.23. The summed E-state index contributed by atoms with van der Waals surface area (Å²) in [6.45, 7) is 7.68. The van der Waals surface area contributed by atoms with E-state index in [1.54, 1.807) is 17.7 Å². The van der Waals surface area contributed by atoms with Crippen LogP contribution in [0.25, 0.3) is 10.2 Å². The van der Waals surface area contributed by atoms with Crippen LogP contribution in [0.3, 0.4) is 0 Å². The lowest BCUT2D eigenvalue weighted by molar-refractivity contribution is 0.313. The van der Waals surface area contributed by atoms with Crippen LogP contribution >= 0.6 is 27.3 Å². The van der Waals surface area contributed by atoms with E-state index in [2.05, 4.69) is 48.0 Å². The summed E-state index contributed by atoms with van der Waals surface area (Å²) in [7, 11) is 0. The van der Waals surface area contributed by atoms with E-state index in [9.17, 15) is 0 Å². The van der Waals surface area contributed by atoms with Gasteiger partial charge in [0, 0.05) is 31.5 Å². The van der Waals surface area contributed by atoms with Crippen molar-refractivity contribution in [2.75, 3.05) is 43.0 Å². The first-order chi connectivity index (χ1) is 9.79. The summed E-state index contributed by atoms with van der Waals surface area (Å²) in [5.74, 6) is 1.12. The third kappa shape index (κ3) is 2.82. The Balaban J connectivity index is 1.84. The molecule has 3 heterocycles. The van der Waals surface area contributed by atoms with Crippen LogP contribution in [-0.2, 0) is 0 Å². The van der Waals surface area contributed by atoms with Gasteiger partial charge in [-0.3, -0.25) is 0 Å². The molecule has 0 spiro atoms. The smallest absolute Gasteiger partial charge is 0.150 e. The Morgan fingerprint density at radius 3 is 3.00 bits per heavy atom. The van der Waals surface area contributed by atoms with Gasteiger partial charge in [-0.05, 0) is 30.8 Å². The summed E-state index contributed by atoms with van der Waals surface area (Å²) < 4.78 is 1.24. The predicted molar refractivity (Wildman–Crippen MR) is 89.2 cm³/mol. The minimum atomic E-state index is 1.05. The molecular weight excluding hydrogens is 336 g/mol. The second kappa shape index (κ2) is 6.37. The minimum absolute atomic E-state index is 1.05.